The molecule has 5 rings (SSSR count). The summed E-state index contributed by atoms with van der Waals surface area (Å²) >= 11 is 0. The number of aryl methyl sites for hydroxylation is 1. The highest BCUT2D eigenvalue weighted by Gasteiger charge is 2.27. The van der Waals surface area contributed by atoms with Gasteiger partial charge in [0.25, 0.3) is 0 Å². The predicted octanol–water partition coefficient (Wildman–Crippen LogP) is 4.47. The van der Waals surface area contributed by atoms with E-state index in [9.17, 15) is 4.79 Å². The van der Waals surface area contributed by atoms with Gasteiger partial charge in [0.2, 0.25) is 11.9 Å². The molecule has 3 heterocycles. The van der Waals surface area contributed by atoms with E-state index in [1.165, 1.54) is 18.2 Å². The van der Waals surface area contributed by atoms with E-state index in [0.717, 1.165) is 74.2 Å². The van der Waals surface area contributed by atoms with Gasteiger partial charge in [0.15, 0.2) is 0 Å². The minimum absolute atomic E-state index is 0.141. The third-order valence-corrected chi connectivity index (χ3v) is 8.12. The molecule has 1 aliphatic carbocycles. The minimum Gasteiger partial charge on any atom is -0.360 e. The zero-order valence-corrected chi connectivity index (χ0v) is 23.6. The highest BCUT2D eigenvalue weighted by molar-refractivity contribution is 5.95. The van der Waals surface area contributed by atoms with Gasteiger partial charge in [-0.3, -0.25) is 4.79 Å². The number of amides is 1. The van der Waals surface area contributed by atoms with Gasteiger partial charge in [-0.1, -0.05) is 31.2 Å². The molecule has 2 aliphatic rings. The van der Waals surface area contributed by atoms with Gasteiger partial charge in [-0.05, 0) is 76.7 Å². The van der Waals surface area contributed by atoms with Crippen molar-refractivity contribution in [2.75, 3.05) is 45.6 Å². The summed E-state index contributed by atoms with van der Waals surface area (Å²) in [7, 11) is 4.02. The normalized spacial score (nSPS) is 21.8. The largest absolute Gasteiger partial charge is 0.360 e. The number of aromatic amines is 1. The number of carbonyl (C=O) groups excluding carboxylic acids is 1. The molecule has 1 aliphatic heterocycles. The van der Waals surface area contributed by atoms with Crippen molar-refractivity contribution in [1.29, 1.82) is 0 Å². The minimum atomic E-state index is 0.141. The number of para-hydroxylation sites is 1. The first kappa shape index (κ1) is 27.3. The lowest BCUT2D eigenvalue weighted by molar-refractivity contribution is -0.125. The molecule has 2 aromatic heterocycles. The van der Waals surface area contributed by atoms with E-state index in [-0.39, 0.29) is 5.91 Å². The Labute approximate surface area is 232 Å². The lowest BCUT2D eigenvalue weighted by atomic mass is 9.90. The molecule has 1 unspecified atom stereocenters. The Balaban J connectivity index is 1.15. The molecule has 8 heteroatoms. The maximum Gasteiger partial charge on any atom is 0.246 e. The Hall–Kier alpha value is -3.23. The number of nitrogens with zero attached hydrogens (tertiary/aromatic N) is 4. The van der Waals surface area contributed by atoms with Crippen LogP contribution in [-0.2, 0) is 11.2 Å². The van der Waals surface area contributed by atoms with E-state index in [4.69, 9.17) is 4.98 Å². The highest BCUT2D eigenvalue weighted by atomic mass is 16.2. The first-order valence-corrected chi connectivity index (χ1v) is 14.5. The van der Waals surface area contributed by atoms with E-state index in [1.807, 2.05) is 31.3 Å². The Bertz CT molecular complexity index is 1280. The molecule has 0 radical (unpaired) electrons. The van der Waals surface area contributed by atoms with Crippen LogP contribution in [0.1, 0.15) is 44.6 Å². The number of carbonyl (C=O) groups is 1. The number of hydrogen-bond acceptors (Lipinski definition) is 6. The first-order valence-electron chi connectivity index (χ1n) is 14.5. The van der Waals surface area contributed by atoms with Gasteiger partial charge < -0.3 is 25.4 Å². The quantitative estimate of drug-likeness (QED) is 0.336. The molecule has 1 amide bonds. The summed E-state index contributed by atoms with van der Waals surface area (Å²) in [5, 5.41) is 8.67. The fraction of sp³-hybridized carbons (Fsp3) is 0.516. The molecule has 8 nitrogen and oxygen atoms in total. The average Bonchev–Trinajstić information content (AvgIpc) is 3.59. The maximum absolute atomic E-state index is 12.5. The van der Waals surface area contributed by atoms with Crippen molar-refractivity contribution in [3.8, 4) is 11.3 Å². The van der Waals surface area contributed by atoms with E-state index < -0.39 is 0 Å². The molecule has 3 N–H and O–H groups in total. The fourth-order valence-corrected chi connectivity index (χ4v) is 5.93. The van der Waals surface area contributed by atoms with Crippen LogP contribution in [0.2, 0.25) is 0 Å². The van der Waals surface area contributed by atoms with Crippen molar-refractivity contribution in [3.05, 3.63) is 54.4 Å². The number of hydrogen-bond donors (Lipinski definition) is 3. The molecule has 39 heavy (non-hydrogen) atoms. The molecule has 3 aromatic rings. The Morgan fingerprint density at radius 1 is 1.21 bits per heavy atom. The third-order valence-electron chi connectivity index (χ3n) is 8.12. The standard InChI is InChI=1S/C31H43N7O/c1-4-23-19-34-31(36-30(23)27-20-33-28-12-6-5-11-26(27)28)35-25-10-7-9-24(17-25)32-18-22-14-16-38(21-22)29(39)13-8-15-37(2)3/h5-6,8,11-13,19-20,22,24-25,32-33H,4,7,9-10,14-18,21H2,1-3H3,(H,34,35,36)/b13-8+/t22?,24-,25+/m0/s1. The van der Waals surface area contributed by atoms with E-state index in [0.29, 0.717) is 23.9 Å². The van der Waals surface area contributed by atoms with E-state index in [1.54, 1.807) is 6.08 Å². The van der Waals surface area contributed by atoms with Crippen molar-refractivity contribution in [2.45, 2.75) is 57.5 Å². The van der Waals surface area contributed by atoms with Crippen LogP contribution in [-0.4, -0.2) is 83.0 Å². The van der Waals surface area contributed by atoms with Crippen LogP contribution in [0, 0.1) is 5.92 Å². The molecule has 208 valence electrons. The number of likely N-dealkylation sites (tertiary alicyclic amines) is 1. The summed E-state index contributed by atoms with van der Waals surface area (Å²) in [5.74, 6) is 1.38. The molecule has 0 bridgehead atoms. The number of likely N-dealkylation sites (N-methyl/N-ethyl adjacent to an activating group) is 1. The van der Waals surface area contributed by atoms with Crippen molar-refractivity contribution in [3.63, 3.8) is 0 Å². The molecule has 3 atom stereocenters. The predicted molar refractivity (Wildman–Crippen MR) is 159 cm³/mol. The summed E-state index contributed by atoms with van der Waals surface area (Å²) in [6.45, 7) is 5.62. The van der Waals surface area contributed by atoms with E-state index >= 15 is 0 Å². The van der Waals surface area contributed by atoms with Gasteiger partial charge in [0.05, 0.1) is 5.69 Å². The molecule has 2 fully saturated rings. The van der Waals surface area contributed by atoms with Crippen LogP contribution in [0.25, 0.3) is 22.2 Å². The summed E-state index contributed by atoms with van der Waals surface area (Å²) in [5.41, 5.74) is 4.42. The summed E-state index contributed by atoms with van der Waals surface area (Å²) in [4.78, 5) is 29.6. The number of anilines is 1. The van der Waals surface area contributed by atoms with Crippen molar-refractivity contribution in [1.82, 2.24) is 30.1 Å². The summed E-state index contributed by atoms with van der Waals surface area (Å²) in [6.07, 6.45) is 14.2. The van der Waals surface area contributed by atoms with Crippen LogP contribution >= 0.6 is 0 Å². The van der Waals surface area contributed by atoms with Crippen molar-refractivity contribution in [2.24, 2.45) is 5.92 Å². The number of H-pyrrole nitrogens is 1. The number of nitrogens with one attached hydrogen (secondary N) is 3. The van der Waals surface area contributed by atoms with Crippen LogP contribution in [0.5, 0.6) is 0 Å². The Morgan fingerprint density at radius 2 is 2.05 bits per heavy atom. The van der Waals surface area contributed by atoms with Crippen LogP contribution in [0.4, 0.5) is 5.95 Å². The van der Waals surface area contributed by atoms with E-state index in [2.05, 4.69) is 62.9 Å². The molecule has 1 aromatic carbocycles. The third kappa shape index (κ3) is 6.86. The second kappa shape index (κ2) is 12.7. The molecular weight excluding hydrogens is 486 g/mol. The van der Waals surface area contributed by atoms with Gasteiger partial charge in [-0.2, -0.15) is 0 Å². The monoisotopic (exact) mass is 529 g/mol. The van der Waals surface area contributed by atoms with Crippen LogP contribution < -0.4 is 10.6 Å². The Kier molecular flexibility index (Phi) is 8.94. The Morgan fingerprint density at radius 3 is 2.90 bits per heavy atom. The smallest absolute Gasteiger partial charge is 0.246 e. The van der Waals surface area contributed by atoms with Crippen LogP contribution in [0.3, 0.4) is 0 Å². The average molecular weight is 530 g/mol. The van der Waals surface area contributed by atoms with Crippen molar-refractivity contribution < 1.29 is 4.79 Å². The van der Waals surface area contributed by atoms with Gasteiger partial charge in [-0.15, -0.1) is 0 Å². The number of aromatic nitrogens is 3. The number of rotatable bonds is 10. The van der Waals surface area contributed by atoms with Gasteiger partial charge >= 0.3 is 0 Å². The first-order chi connectivity index (χ1) is 19.0. The molecule has 1 saturated carbocycles. The topological polar surface area (TPSA) is 89.2 Å². The maximum atomic E-state index is 12.5. The fourth-order valence-electron chi connectivity index (χ4n) is 5.93. The van der Waals surface area contributed by atoms with Gasteiger partial charge in [0.1, 0.15) is 0 Å². The number of benzene rings is 1. The lowest BCUT2D eigenvalue weighted by Gasteiger charge is -2.31. The van der Waals surface area contributed by atoms with Gasteiger partial charge in [0, 0.05) is 66.7 Å². The summed E-state index contributed by atoms with van der Waals surface area (Å²) < 4.78 is 0. The summed E-state index contributed by atoms with van der Waals surface area (Å²) in [6, 6.07) is 9.20. The van der Waals surface area contributed by atoms with Crippen LogP contribution in [0.15, 0.2) is 48.8 Å². The highest BCUT2D eigenvalue weighted by Crippen LogP contribution is 2.31. The van der Waals surface area contributed by atoms with Crippen molar-refractivity contribution >= 4 is 22.8 Å². The number of fused-ring (bicyclic) bond motifs is 1. The van der Waals surface area contributed by atoms with Gasteiger partial charge in [-0.25, -0.2) is 9.97 Å². The zero-order chi connectivity index (χ0) is 27.2. The molecule has 1 saturated heterocycles. The lowest BCUT2D eigenvalue weighted by Crippen LogP contribution is -2.41. The molecular formula is C31H43N7O. The second-order valence-electron chi connectivity index (χ2n) is 11.4. The zero-order valence-electron chi connectivity index (χ0n) is 23.6. The second-order valence-corrected chi connectivity index (χ2v) is 11.4. The SMILES string of the molecule is CCc1cnc(N[C@@H]2CCC[C@H](NCC3CCN(C(=O)/C=C/CN(C)C)C3)C2)nc1-c1c[nH]c2ccccc12. The molecule has 0 spiro atoms.